The van der Waals surface area contributed by atoms with Gasteiger partial charge in [0, 0.05) is 12.5 Å². The molecule has 4 nitrogen and oxygen atoms in total. The Hall–Kier alpha value is -1.06. The molecule has 2 aliphatic carbocycles. The average Bonchev–Trinajstić information content (AvgIpc) is 3.00. The van der Waals surface area contributed by atoms with E-state index in [2.05, 4.69) is 5.32 Å². The third-order valence-corrected chi connectivity index (χ3v) is 5.26. The highest BCUT2D eigenvalue weighted by atomic mass is 16.4. The third kappa shape index (κ3) is 5.33. The Kier molecular flexibility index (Phi) is 6.52. The molecule has 21 heavy (non-hydrogen) atoms. The van der Waals surface area contributed by atoms with Gasteiger partial charge in [-0.25, -0.2) is 0 Å². The van der Waals surface area contributed by atoms with Gasteiger partial charge >= 0.3 is 5.97 Å². The van der Waals surface area contributed by atoms with E-state index in [0.717, 1.165) is 31.7 Å². The van der Waals surface area contributed by atoms with Gasteiger partial charge in [0.05, 0.1) is 5.92 Å². The molecule has 2 saturated carbocycles. The van der Waals surface area contributed by atoms with Gasteiger partial charge in [-0.3, -0.25) is 9.59 Å². The largest absolute Gasteiger partial charge is 0.481 e. The average molecular weight is 295 g/mol. The summed E-state index contributed by atoms with van der Waals surface area (Å²) in [4.78, 5) is 22.9. The van der Waals surface area contributed by atoms with Gasteiger partial charge in [0.2, 0.25) is 5.91 Å². The molecule has 0 spiro atoms. The van der Waals surface area contributed by atoms with Crippen LogP contribution in [-0.2, 0) is 9.59 Å². The molecule has 0 saturated heterocycles. The van der Waals surface area contributed by atoms with Gasteiger partial charge in [0.25, 0.3) is 0 Å². The Morgan fingerprint density at radius 2 is 1.52 bits per heavy atom. The summed E-state index contributed by atoms with van der Waals surface area (Å²) in [7, 11) is 0. The number of carboxylic acid groups (broad SMARTS) is 1. The molecule has 0 aromatic rings. The molecule has 0 aromatic carbocycles. The van der Waals surface area contributed by atoms with Crippen LogP contribution in [0, 0.1) is 17.8 Å². The molecule has 0 atom stereocenters. The summed E-state index contributed by atoms with van der Waals surface area (Å²) < 4.78 is 0. The molecule has 120 valence electrons. The van der Waals surface area contributed by atoms with E-state index < -0.39 is 5.97 Å². The van der Waals surface area contributed by atoms with Crippen molar-refractivity contribution < 1.29 is 14.7 Å². The van der Waals surface area contributed by atoms with Crippen molar-refractivity contribution in [2.45, 2.75) is 70.6 Å². The number of hydrogen-bond donors (Lipinski definition) is 2. The number of aliphatic carboxylic acids is 1. The molecule has 4 heteroatoms. The Balaban J connectivity index is 1.52. The van der Waals surface area contributed by atoms with Crippen LogP contribution in [0.15, 0.2) is 0 Å². The number of hydrogen-bond acceptors (Lipinski definition) is 2. The van der Waals surface area contributed by atoms with E-state index in [1.165, 1.54) is 38.5 Å². The fraction of sp³-hybridized carbons (Fsp3) is 0.882. The molecule has 0 aliphatic heterocycles. The van der Waals surface area contributed by atoms with Gasteiger partial charge in [-0.1, -0.05) is 38.5 Å². The van der Waals surface area contributed by atoms with E-state index in [-0.39, 0.29) is 17.7 Å². The van der Waals surface area contributed by atoms with Crippen LogP contribution < -0.4 is 5.32 Å². The molecule has 0 unspecified atom stereocenters. The number of carbonyl (C=O) groups is 2. The Morgan fingerprint density at radius 1 is 0.905 bits per heavy atom. The quantitative estimate of drug-likeness (QED) is 0.708. The van der Waals surface area contributed by atoms with E-state index >= 15 is 0 Å². The van der Waals surface area contributed by atoms with Crippen molar-refractivity contribution in [3.8, 4) is 0 Å². The van der Waals surface area contributed by atoms with E-state index in [0.29, 0.717) is 12.8 Å². The van der Waals surface area contributed by atoms with E-state index in [4.69, 9.17) is 5.11 Å². The molecular formula is C17H29NO3. The van der Waals surface area contributed by atoms with E-state index in [1.54, 1.807) is 0 Å². The maximum atomic E-state index is 12.0. The second-order valence-electron chi connectivity index (χ2n) is 6.82. The number of unbranched alkanes of at least 4 members (excludes halogenated alkanes) is 1. The summed E-state index contributed by atoms with van der Waals surface area (Å²) in [6.45, 7) is 0.782. The van der Waals surface area contributed by atoms with E-state index in [9.17, 15) is 9.59 Å². The number of nitrogens with one attached hydrogen (secondary N) is 1. The van der Waals surface area contributed by atoms with Crippen molar-refractivity contribution in [2.24, 2.45) is 17.8 Å². The van der Waals surface area contributed by atoms with Crippen molar-refractivity contribution in [1.82, 2.24) is 5.32 Å². The number of carbonyl (C=O) groups excluding carboxylic acids is 1. The second-order valence-corrected chi connectivity index (χ2v) is 6.82. The summed E-state index contributed by atoms with van der Waals surface area (Å²) in [5.74, 6) is 0.170. The lowest BCUT2D eigenvalue weighted by molar-refractivity contribution is -0.144. The Bertz CT molecular complexity index is 342. The van der Waals surface area contributed by atoms with Crippen molar-refractivity contribution >= 4 is 11.9 Å². The summed E-state index contributed by atoms with van der Waals surface area (Å²) >= 11 is 0. The minimum Gasteiger partial charge on any atom is -0.481 e. The maximum absolute atomic E-state index is 12.0. The van der Waals surface area contributed by atoms with Gasteiger partial charge in [-0.15, -0.1) is 0 Å². The summed E-state index contributed by atoms with van der Waals surface area (Å²) in [5.41, 5.74) is 0. The Morgan fingerprint density at radius 3 is 2.14 bits per heavy atom. The normalized spacial score (nSPS) is 26.7. The first kappa shape index (κ1) is 16.3. The predicted octanol–water partition coefficient (Wildman–Crippen LogP) is 3.35. The molecule has 0 heterocycles. The fourth-order valence-corrected chi connectivity index (χ4v) is 3.82. The molecule has 2 fully saturated rings. The van der Waals surface area contributed by atoms with Crippen LogP contribution in [-0.4, -0.2) is 23.5 Å². The fourth-order valence-electron chi connectivity index (χ4n) is 3.82. The zero-order chi connectivity index (χ0) is 15.1. The Labute approximate surface area is 127 Å². The maximum Gasteiger partial charge on any atom is 0.306 e. The van der Waals surface area contributed by atoms with Gasteiger partial charge in [0.15, 0.2) is 0 Å². The zero-order valence-corrected chi connectivity index (χ0v) is 13.0. The monoisotopic (exact) mass is 295 g/mol. The third-order valence-electron chi connectivity index (χ3n) is 5.26. The van der Waals surface area contributed by atoms with Gasteiger partial charge in [-0.2, -0.15) is 0 Å². The molecule has 2 aliphatic rings. The van der Waals surface area contributed by atoms with Crippen molar-refractivity contribution in [1.29, 1.82) is 0 Å². The molecule has 2 rings (SSSR count). The molecule has 2 N–H and O–H groups in total. The first-order valence-corrected chi connectivity index (χ1v) is 8.67. The summed E-state index contributed by atoms with van der Waals surface area (Å²) in [5, 5.41) is 12.0. The van der Waals surface area contributed by atoms with E-state index in [1.807, 2.05) is 0 Å². The molecule has 0 aromatic heterocycles. The van der Waals surface area contributed by atoms with Crippen molar-refractivity contribution in [2.75, 3.05) is 6.54 Å². The van der Waals surface area contributed by atoms with Crippen LogP contribution in [0.4, 0.5) is 0 Å². The highest BCUT2D eigenvalue weighted by Crippen LogP contribution is 2.30. The predicted molar refractivity (Wildman–Crippen MR) is 81.9 cm³/mol. The van der Waals surface area contributed by atoms with Crippen molar-refractivity contribution in [3.63, 3.8) is 0 Å². The second kappa shape index (κ2) is 8.40. The van der Waals surface area contributed by atoms with Gasteiger partial charge in [0.1, 0.15) is 0 Å². The molecule has 0 radical (unpaired) electrons. The van der Waals surface area contributed by atoms with Gasteiger partial charge < -0.3 is 10.4 Å². The SMILES string of the molecule is O=C(O)C1CCC(C(=O)NCCCCC2CCCC2)CC1. The first-order valence-electron chi connectivity index (χ1n) is 8.67. The lowest BCUT2D eigenvalue weighted by Crippen LogP contribution is -2.34. The highest BCUT2D eigenvalue weighted by molar-refractivity contribution is 5.79. The molecule has 1 amide bonds. The van der Waals surface area contributed by atoms with Crippen LogP contribution in [0.2, 0.25) is 0 Å². The minimum atomic E-state index is -0.708. The summed E-state index contributed by atoms with van der Waals surface area (Å²) in [6.07, 6.45) is 12.0. The number of rotatable bonds is 7. The zero-order valence-electron chi connectivity index (χ0n) is 13.0. The molecular weight excluding hydrogens is 266 g/mol. The standard InChI is InChI=1S/C17H29NO3/c19-16(14-8-10-15(11-9-14)17(20)21)18-12-4-3-7-13-5-1-2-6-13/h13-15H,1-12H2,(H,18,19)(H,20,21). The topological polar surface area (TPSA) is 66.4 Å². The van der Waals surface area contributed by atoms with Crippen LogP contribution in [0.5, 0.6) is 0 Å². The van der Waals surface area contributed by atoms with Crippen LogP contribution >= 0.6 is 0 Å². The number of carboxylic acids is 1. The lowest BCUT2D eigenvalue weighted by Gasteiger charge is -2.25. The van der Waals surface area contributed by atoms with Gasteiger partial charge in [-0.05, 0) is 38.0 Å². The first-order chi connectivity index (χ1) is 10.2. The van der Waals surface area contributed by atoms with Crippen LogP contribution in [0.25, 0.3) is 0 Å². The van der Waals surface area contributed by atoms with Crippen LogP contribution in [0.1, 0.15) is 70.6 Å². The lowest BCUT2D eigenvalue weighted by atomic mass is 9.81. The highest BCUT2D eigenvalue weighted by Gasteiger charge is 2.29. The smallest absolute Gasteiger partial charge is 0.306 e. The van der Waals surface area contributed by atoms with Crippen molar-refractivity contribution in [3.05, 3.63) is 0 Å². The molecule has 0 bridgehead atoms. The minimum absolute atomic E-state index is 0.0374. The summed E-state index contributed by atoms with van der Waals surface area (Å²) in [6, 6.07) is 0. The van der Waals surface area contributed by atoms with Crippen LogP contribution in [0.3, 0.4) is 0 Å². The number of amides is 1.